The lowest BCUT2D eigenvalue weighted by Crippen LogP contribution is -2.41. The molecule has 2 heterocycles. The minimum atomic E-state index is -0.463. The van der Waals surface area contributed by atoms with E-state index in [1.165, 1.54) is 21.3 Å². The summed E-state index contributed by atoms with van der Waals surface area (Å²) in [6, 6.07) is 13.0. The zero-order valence-electron chi connectivity index (χ0n) is 16.6. The molecule has 0 amide bonds. The van der Waals surface area contributed by atoms with E-state index in [0.29, 0.717) is 33.9 Å². The number of hydrogen-bond donors (Lipinski definition) is 0. The maximum Gasteiger partial charge on any atom is 0.332 e. The summed E-state index contributed by atoms with van der Waals surface area (Å²) in [4.78, 5) is 26.7. The molecule has 0 radical (unpaired) electrons. The van der Waals surface area contributed by atoms with Crippen LogP contribution >= 0.6 is 11.6 Å². The van der Waals surface area contributed by atoms with Crippen LogP contribution in [0.15, 0.2) is 58.1 Å². The Hall–Kier alpha value is -3.19. The first-order chi connectivity index (χ1) is 14.4. The van der Waals surface area contributed by atoms with Gasteiger partial charge in [0, 0.05) is 11.6 Å². The lowest BCUT2D eigenvalue weighted by molar-refractivity contribution is 0.615. The molecule has 0 bridgehead atoms. The van der Waals surface area contributed by atoms with Gasteiger partial charge in [-0.3, -0.25) is 18.6 Å². The van der Waals surface area contributed by atoms with Gasteiger partial charge in [-0.2, -0.15) is 5.10 Å². The van der Waals surface area contributed by atoms with Crippen molar-refractivity contribution in [3.63, 3.8) is 0 Å². The maximum atomic E-state index is 13.4. The maximum absolute atomic E-state index is 13.4. The fourth-order valence-electron chi connectivity index (χ4n) is 3.65. The monoisotopic (exact) mass is 426 g/mol. The van der Waals surface area contributed by atoms with Gasteiger partial charge in [-0.15, -0.1) is 0 Å². The molecule has 0 spiro atoms. The Morgan fingerprint density at radius 2 is 1.67 bits per heavy atom. The molecule has 0 atom stereocenters. The Balaban J connectivity index is 1.98. The number of benzene rings is 2. The average molecular weight is 427 g/mol. The van der Waals surface area contributed by atoms with Gasteiger partial charge in [-0.1, -0.05) is 41.9 Å². The molecule has 30 heavy (non-hydrogen) atoms. The summed E-state index contributed by atoms with van der Waals surface area (Å²) >= 11 is 6.33. The predicted octanol–water partition coefficient (Wildman–Crippen LogP) is 3.58. The molecule has 4 aromatic rings. The zero-order chi connectivity index (χ0) is 21.4. The molecule has 8 heteroatoms. The van der Waals surface area contributed by atoms with Crippen LogP contribution < -0.4 is 11.2 Å². The normalized spacial score (nSPS) is 11.3. The quantitative estimate of drug-likeness (QED) is 0.490. The van der Waals surface area contributed by atoms with Crippen molar-refractivity contribution in [3.8, 4) is 0 Å². The number of aryl methyl sites for hydroxylation is 2. The molecular weight excluding hydrogens is 407 g/mol. The number of fused-ring (bicyclic) bond motifs is 1. The molecule has 4 rings (SSSR count). The third-order valence-electron chi connectivity index (χ3n) is 5.12. The third-order valence-corrected chi connectivity index (χ3v) is 5.48. The fourth-order valence-corrected chi connectivity index (χ4v) is 3.84. The predicted molar refractivity (Wildman–Crippen MR) is 115 cm³/mol. The molecule has 0 aliphatic rings. The highest BCUT2D eigenvalue weighted by Crippen LogP contribution is 2.19. The fraction of sp³-hybridized carbons (Fsp3) is 0.227. The van der Waals surface area contributed by atoms with Crippen LogP contribution in [0, 0.1) is 12.7 Å². The Labute approximate surface area is 176 Å². The van der Waals surface area contributed by atoms with Gasteiger partial charge in [-0.25, -0.2) is 9.18 Å². The van der Waals surface area contributed by atoms with E-state index in [1.54, 1.807) is 29.8 Å². The van der Waals surface area contributed by atoms with E-state index in [2.05, 4.69) is 5.10 Å². The van der Waals surface area contributed by atoms with Crippen LogP contribution in [0.1, 0.15) is 23.7 Å². The first kappa shape index (κ1) is 20.1. The second-order valence-electron chi connectivity index (χ2n) is 7.08. The molecule has 0 aliphatic heterocycles. The van der Waals surface area contributed by atoms with Crippen molar-refractivity contribution in [1.82, 2.24) is 18.9 Å². The van der Waals surface area contributed by atoms with Gasteiger partial charge in [0.05, 0.1) is 24.3 Å². The van der Waals surface area contributed by atoms with Crippen LogP contribution in [0.5, 0.6) is 0 Å². The van der Waals surface area contributed by atoms with Crippen molar-refractivity contribution >= 4 is 22.6 Å². The molecule has 0 saturated carbocycles. The van der Waals surface area contributed by atoms with E-state index < -0.39 is 11.2 Å². The van der Waals surface area contributed by atoms with Gasteiger partial charge in [0.1, 0.15) is 5.82 Å². The van der Waals surface area contributed by atoms with Gasteiger partial charge in [0.2, 0.25) is 0 Å². The highest BCUT2D eigenvalue weighted by molar-refractivity contribution is 6.31. The van der Waals surface area contributed by atoms with Crippen LogP contribution in [-0.4, -0.2) is 18.9 Å². The number of aromatic nitrogens is 4. The average Bonchev–Trinajstić information content (AvgIpc) is 3.07. The first-order valence-electron chi connectivity index (χ1n) is 9.59. The van der Waals surface area contributed by atoms with E-state index in [-0.39, 0.29) is 18.9 Å². The second kappa shape index (κ2) is 7.91. The van der Waals surface area contributed by atoms with Gasteiger partial charge in [-0.05, 0) is 43.2 Å². The molecule has 154 valence electrons. The van der Waals surface area contributed by atoms with Crippen molar-refractivity contribution < 1.29 is 4.39 Å². The molecule has 6 nitrogen and oxygen atoms in total. The Morgan fingerprint density at radius 1 is 0.967 bits per heavy atom. The number of rotatable bonds is 5. The van der Waals surface area contributed by atoms with Gasteiger partial charge in [0.25, 0.3) is 5.56 Å². The second-order valence-corrected chi connectivity index (χ2v) is 7.48. The standard InChI is InChI=1S/C22H20ClFN4O2/c1-3-28-20-19(14(2)25-28)26(13-16-6-4-5-7-18(16)23)22(30)27(21(20)29)12-15-8-10-17(24)11-9-15/h4-11H,3,12-13H2,1-2H3. The molecule has 0 fully saturated rings. The lowest BCUT2D eigenvalue weighted by Gasteiger charge is -2.14. The summed E-state index contributed by atoms with van der Waals surface area (Å²) in [5, 5.41) is 4.99. The third kappa shape index (κ3) is 3.45. The van der Waals surface area contributed by atoms with Gasteiger partial charge < -0.3 is 0 Å². The van der Waals surface area contributed by atoms with Crippen molar-refractivity contribution in [2.45, 2.75) is 33.5 Å². The summed E-state index contributed by atoms with van der Waals surface area (Å²) in [6.07, 6.45) is 0. The number of nitrogens with zero attached hydrogens (tertiary/aromatic N) is 4. The molecule has 0 saturated heterocycles. The highest BCUT2D eigenvalue weighted by Gasteiger charge is 2.21. The highest BCUT2D eigenvalue weighted by atomic mass is 35.5. The summed E-state index contributed by atoms with van der Waals surface area (Å²) < 4.78 is 17.6. The summed E-state index contributed by atoms with van der Waals surface area (Å²) in [5.74, 6) is -0.377. The van der Waals surface area contributed by atoms with Crippen LogP contribution in [0.4, 0.5) is 4.39 Å². The van der Waals surface area contributed by atoms with Crippen LogP contribution in [0.25, 0.3) is 11.0 Å². The Morgan fingerprint density at radius 3 is 2.33 bits per heavy atom. The molecule has 0 N–H and O–H groups in total. The summed E-state index contributed by atoms with van der Waals surface area (Å²) in [6.45, 7) is 4.39. The largest absolute Gasteiger partial charge is 0.332 e. The van der Waals surface area contributed by atoms with Crippen LogP contribution in [0.2, 0.25) is 5.02 Å². The molecule has 0 unspecified atom stereocenters. The van der Waals surface area contributed by atoms with E-state index in [0.717, 1.165) is 5.56 Å². The number of halogens is 2. The van der Waals surface area contributed by atoms with E-state index in [4.69, 9.17) is 11.6 Å². The van der Waals surface area contributed by atoms with Crippen LogP contribution in [-0.2, 0) is 19.6 Å². The molecule has 2 aromatic heterocycles. The lowest BCUT2D eigenvalue weighted by atomic mass is 10.2. The summed E-state index contributed by atoms with van der Waals surface area (Å²) in [5.41, 5.74) is 2.00. The van der Waals surface area contributed by atoms with Crippen molar-refractivity contribution in [2.24, 2.45) is 0 Å². The van der Waals surface area contributed by atoms with Gasteiger partial charge in [0.15, 0.2) is 5.52 Å². The minimum Gasteiger partial charge on any atom is -0.285 e. The number of hydrogen-bond acceptors (Lipinski definition) is 3. The molecule has 2 aromatic carbocycles. The van der Waals surface area contributed by atoms with Crippen molar-refractivity contribution in [3.05, 3.63) is 97.0 Å². The topological polar surface area (TPSA) is 61.8 Å². The van der Waals surface area contributed by atoms with Crippen LogP contribution in [0.3, 0.4) is 0 Å². The summed E-state index contributed by atoms with van der Waals surface area (Å²) in [7, 11) is 0. The van der Waals surface area contributed by atoms with Gasteiger partial charge >= 0.3 is 5.69 Å². The minimum absolute atomic E-state index is 0.0321. The Kier molecular flexibility index (Phi) is 5.30. The van der Waals surface area contributed by atoms with E-state index in [1.807, 2.05) is 25.1 Å². The van der Waals surface area contributed by atoms with Crippen molar-refractivity contribution in [1.29, 1.82) is 0 Å². The first-order valence-corrected chi connectivity index (χ1v) is 9.97. The molecular formula is C22H20ClFN4O2. The molecule has 0 aliphatic carbocycles. The Bertz CT molecular complexity index is 1350. The SMILES string of the molecule is CCn1nc(C)c2c1c(=O)n(Cc1ccc(F)cc1)c(=O)n2Cc1ccccc1Cl. The van der Waals surface area contributed by atoms with Crippen molar-refractivity contribution in [2.75, 3.05) is 0 Å². The van der Waals surface area contributed by atoms with E-state index >= 15 is 0 Å². The van der Waals surface area contributed by atoms with E-state index in [9.17, 15) is 14.0 Å². The smallest absolute Gasteiger partial charge is 0.285 e. The zero-order valence-corrected chi connectivity index (χ0v) is 17.4.